The number of imide groups is 1. The summed E-state index contributed by atoms with van der Waals surface area (Å²) in [4.78, 5) is 40.4. The first-order chi connectivity index (χ1) is 15.4. The maximum absolute atomic E-state index is 12.7. The topological polar surface area (TPSA) is 66.9 Å². The largest absolute Gasteiger partial charge is 0.488 e. The van der Waals surface area contributed by atoms with E-state index in [0.29, 0.717) is 39.8 Å². The van der Waals surface area contributed by atoms with Crippen LogP contribution in [0.25, 0.3) is 6.08 Å². The van der Waals surface area contributed by atoms with Crippen LogP contribution in [0.4, 0.5) is 4.79 Å². The van der Waals surface area contributed by atoms with Gasteiger partial charge in [0.15, 0.2) is 0 Å². The number of amides is 3. The molecule has 0 spiro atoms. The van der Waals surface area contributed by atoms with E-state index in [0.717, 1.165) is 40.6 Å². The first kappa shape index (κ1) is 22.9. The molecule has 0 N–H and O–H groups in total. The van der Waals surface area contributed by atoms with Crippen LogP contribution in [0, 0.1) is 0 Å². The van der Waals surface area contributed by atoms with Gasteiger partial charge in [-0.2, -0.15) is 0 Å². The highest BCUT2D eigenvalue weighted by Crippen LogP contribution is 2.34. The fourth-order valence-electron chi connectivity index (χ4n) is 3.48. The third kappa shape index (κ3) is 5.19. The highest BCUT2D eigenvalue weighted by Gasteiger charge is 2.37. The lowest BCUT2D eigenvalue weighted by atomic mass is 10.2. The Balaban J connectivity index is 1.42. The summed E-state index contributed by atoms with van der Waals surface area (Å²) in [5.41, 5.74) is 1.61. The summed E-state index contributed by atoms with van der Waals surface area (Å²) < 4.78 is 6.56. The molecule has 0 aromatic heterocycles. The Morgan fingerprint density at radius 2 is 1.91 bits per heavy atom. The maximum Gasteiger partial charge on any atom is 0.294 e. The van der Waals surface area contributed by atoms with Gasteiger partial charge < -0.3 is 9.64 Å². The van der Waals surface area contributed by atoms with Crippen molar-refractivity contribution < 1.29 is 19.1 Å². The average molecular weight is 536 g/mol. The monoisotopic (exact) mass is 534 g/mol. The van der Waals surface area contributed by atoms with Gasteiger partial charge in [0.2, 0.25) is 5.91 Å². The summed E-state index contributed by atoms with van der Waals surface area (Å²) in [5.74, 6) is 0.00270. The number of hydrogen-bond donors (Lipinski definition) is 0. The van der Waals surface area contributed by atoms with E-state index in [-0.39, 0.29) is 12.5 Å². The van der Waals surface area contributed by atoms with Crippen molar-refractivity contribution in [1.29, 1.82) is 0 Å². The molecule has 0 radical (unpaired) electrons. The van der Waals surface area contributed by atoms with Gasteiger partial charge in [-0.15, -0.1) is 0 Å². The van der Waals surface area contributed by atoms with E-state index in [4.69, 9.17) is 16.3 Å². The first-order valence-electron chi connectivity index (χ1n) is 10.1. The number of halogens is 2. The van der Waals surface area contributed by atoms with Gasteiger partial charge in [0.25, 0.3) is 11.1 Å². The van der Waals surface area contributed by atoms with E-state index in [9.17, 15) is 14.4 Å². The van der Waals surface area contributed by atoms with Gasteiger partial charge in [0, 0.05) is 23.7 Å². The molecule has 0 unspecified atom stereocenters. The summed E-state index contributed by atoms with van der Waals surface area (Å²) >= 11 is 10.5. The second-order valence-electron chi connectivity index (χ2n) is 7.43. The molecule has 0 atom stereocenters. The molecule has 2 aromatic carbocycles. The fourth-order valence-corrected chi connectivity index (χ4v) is 5.02. The lowest BCUT2D eigenvalue weighted by Gasteiger charge is -2.18. The maximum atomic E-state index is 12.7. The van der Waals surface area contributed by atoms with Gasteiger partial charge in [-0.25, -0.2) is 0 Å². The number of carbonyl (C=O) groups excluding carboxylic acids is 3. The highest BCUT2D eigenvalue weighted by atomic mass is 79.9. The summed E-state index contributed by atoms with van der Waals surface area (Å²) in [5, 5.41) is 0.215. The Morgan fingerprint density at radius 1 is 1.16 bits per heavy atom. The van der Waals surface area contributed by atoms with E-state index >= 15 is 0 Å². The SMILES string of the molecule is O=C(CN1C(=O)S/C(=C\c2ccc(OCc3ccccc3Cl)c(Br)c2)C1=O)N1CCCC1. The van der Waals surface area contributed by atoms with Crippen LogP contribution in [0.3, 0.4) is 0 Å². The van der Waals surface area contributed by atoms with Crippen molar-refractivity contribution in [3.05, 3.63) is 68.0 Å². The second-order valence-corrected chi connectivity index (χ2v) is 9.68. The number of thioether (sulfide) groups is 1. The molecule has 4 rings (SSSR count). The quantitative estimate of drug-likeness (QED) is 0.467. The van der Waals surface area contributed by atoms with Crippen LogP contribution in [-0.4, -0.2) is 46.5 Å². The Labute approximate surface area is 203 Å². The molecule has 0 aliphatic carbocycles. The molecule has 32 heavy (non-hydrogen) atoms. The van der Waals surface area contributed by atoms with Gasteiger partial charge in [0.1, 0.15) is 18.9 Å². The number of hydrogen-bond acceptors (Lipinski definition) is 5. The molecule has 2 aliphatic heterocycles. The van der Waals surface area contributed by atoms with Gasteiger partial charge in [-0.3, -0.25) is 19.3 Å². The van der Waals surface area contributed by atoms with Gasteiger partial charge in [0.05, 0.1) is 9.38 Å². The predicted molar refractivity (Wildman–Crippen MR) is 128 cm³/mol. The summed E-state index contributed by atoms with van der Waals surface area (Å²) in [7, 11) is 0. The van der Waals surface area contributed by atoms with Crippen LogP contribution in [-0.2, 0) is 16.2 Å². The number of carbonyl (C=O) groups is 3. The molecule has 3 amide bonds. The number of likely N-dealkylation sites (tertiary alicyclic amines) is 1. The number of rotatable bonds is 6. The molecular formula is C23H20BrClN2O4S. The minimum absolute atomic E-state index is 0.186. The zero-order chi connectivity index (χ0) is 22.7. The standard InChI is InChI=1S/C23H20BrClN2O4S/c24-17-11-15(7-8-19(17)31-14-16-5-1-2-6-18(16)25)12-20-22(29)27(23(30)32-20)13-21(28)26-9-3-4-10-26/h1-2,5-8,11-12H,3-4,9-10,13-14H2/b20-12-. The molecule has 2 saturated heterocycles. The van der Waals surface area contributed by atoms with E-state index in [1.807, 2.05) is 30.3 Å². The summed E-state index contributed by atoms with van der Waals surface area (Å²) in [6, 6.07) is 12.9. The van der Waals surface area contributed by atoms with E-state index in [1.54, 1.807) is 23.1 Å². The molecule has 2 aromatic rings. The molecule has 0 saturated carbocycles. The van der Waals surface area contributed by atoms with Crippen LogP contribution in [0.1, 0.15) is 24.0 Å². The van der Waals surface area contributed by atoms with Crippen LogP contribution in [0.2, 0.25) is 5.02 Å². The molecule has 166 valence electrons. The van der Waals surface area contributed by atoms with E-state index in [2.05, 4.69) is 15.9 Å². The van der Waals surface area contributed by atoms with Crippen molar-refractivity contribution in [2.45, 2.75) is 19.4 Å². The predicted octanol–water partition coefficient (Wildman–Crippen LogP) is 5.34. The third-order valence-corrected chi connectivity index (χ3v) is 7.12. The molecule has 2 aliphatic rings. The Hall–Kier alpha value is -2.29. The normalized spacial score (nSPS) is 17.5. The molecule has 2 heterocycles. The molecule has 9 heteroatoms. The Bertz CT molecular complexity index is 1100. The minimum Gasteiger partial charge on any atom is -0.488 e. The zero-order valence-corrected chi connectivity index (χ0v) is 20.2. The van der Waals surface area contributed by atoms with Crippen LogP contribution >= 0.6 is 39.3 Å². The third-order valence-electron chi connectivity index (χ3n) is 5.22. The molecular weight excluding hydrogens is 516 g/mol. The lowest BCUT2D eigenvalue weighted by molar-refractivity contribution is -0.135. The van der Waals surface area contributed by atoms with E-state index < -0.39 is 11.1 Å². The summed E-state index contributed by atoms with van der Waals surface area (Å²) in [6.45, 7) is 1.48. The summed E-state index contributed by atoms with van der Waals surface area (Å²) in [6.07, 6.45) is 3.56. The average Bonchev–Trinajstić information content (AvgIpc) is 3.39. The number of ether oxygens (including phenoxy) is 1. The number of benzene rings is 2. The van der Waals surface area contributed by atoms with Crippen molar-refractivity contribution in [1.82, 2.24) is 9.80 Å². The van der Waals surface area contributed by atoms with Crippen LogP contribution in [0.5, 0.6) is 5.75 Å². The zero-order valence-electron chi connectivity index (χ0n) is 17.1. The Morgan fingerprint density at radius 3 is 2.62 bits per heavy atom. The lowest BCUT2D eigenvalue weighted by Crippen LogP contribution is -2.40. The number of nitrogens with zero attached hydrogens (tertiary/aromatic N) is 2. The Kier molecular flexibility index (Phi) is 7.23. The minimum atomic E-state index is -0.442. The van der Waals surface area contributed by atoms with Crippen molar-refractivity contribution in [2.24, 2.45) is 0 Å². The fraction of sp³-hybridized carbons (Fsp3) is 0.261. The van der Waals surface area contributed by atoms with Crippen molar-refractivity contribution in [2.75, 3.05) is 19.6 Å². The second kappa shape index (κ2) is 10.1. The molecule has 0 bridgehead atoms. The van der Waals surface area contributed by atoms with Crippen LogP contribution < -0.4 is 4.74 Å². The molecule has 2 fully saturated rings. The van der Waals surface area contributed by atoms with Crippen molar-refractivity contribution in [3.63, 3.8) is 0 Å². The van der Waals surface area contributed by atoms with Crippen molar-refractivity contribution in [3.8, 4) is 5.75 Å². The molecule has 6 nitrogen and oxygen atoms in total. The highest BCUT2D eigenvalue weighted by molar-refractivity contribution is 9.10. The smallest absolute Gasteiger partial charge is 0.294 e. The van der Waals surface area contributed by atoms with Gasteiger partial charge >= 0.3 is 0 Å². The van der Waals surface area contributed by atoms with E-state index in [1.165, 1.54) is 0 Å². The van der Waals surface area contributed by atoms with Crippen molar-refractivity contribution >= 4 is 62.4 Å². The van der Waals surface area contributed by atoms with Gasteiger partial charge in [-0.05, 0) is 70.4 Å². The first-order valence-corrected chi connectivity index (χ1v) is 12.1. The van der Waals surface area contributed by atoms with Crippen LogP contribution in [0.15, 0.2) is 51.8 Å². The van der Waals surface area contributed by atoms with Gasteiger partial charge in [-0.1, -0.05) is 35.9 Å².